The van der Waals surface area contributed by atoms with Gasteiger partial charge in [-0.25, -0.2) is 13.1 Å². The molecule has 4 N–H and O–H groups in total. The highest BCUT2D eigenvalue weighted by atomic mass is 32.2. The Kier molecular flexibility index (Phi) is 6.10. The largest absolute Gasteiger partial charge is 0.328 e. The summed E-state index contributed by atoms with van der Waals surface area (Å²) in [6, 6.07) is 6.13. The van der Waals surface area contributed by atoms with Crippen LogP contribution in [0.4, 0.5) is 5.69 Å². The van der Waals surface area contributed by atoms with Crippen LogP contribution in [-0.2, 0) is 14.8 Å². The molecule has 1 unspecified atom stereocenters. The molecule has 0 saturated heterocycles. The van der Waals surface area contributed by atoms with Gasteiger partial charge in [-0.2, -0.15) is 0 Å². The summed E-state index contributed by atoms with van der Waals surface area (Å²) in [4.78, 5) is 11.9. The molecule has 1 aromatic carbocycles. The molecule has 0 spiro atoms. The number of anilines is 1. The van der Waals surface area contributed by atoms with Crippen molar-refractivity contribution in [2.24, 2.45) is 5.73 Å². The molecule has 1 amide bonds. The second-order valence-electron chi connectivity index (χ2n) is 6.45. The molecule has 1 atom stereocenters. The number of benzene rings is 1. The molecule has 1 rings (SSSR count). The van der Waals surface area contributed by atoms with Gasteiger partial charge in [-0.15, -0.1) is 0 Å². The van der Waals surface area contributed by atoms with Crippen LogP contribution in [0, 0.1) is 0 Å². The number of nitrogens with two attached hydrogens (primary N) is 1. The number of carbonyl (C=O) groups is 1. The van der Waals surface area contributed by atoms with Crippen molar-refractivity contribution in [3.05, 3.63) is 24.3 Å². The predicted octanol–water partition coefficient (Wildman–Crippen LogP) is 1.83. The number of sulfonamides is 1. The van der Waals surface area contributed by atoms with Gasteiger partial charge in [0.15, 0.2) is 0 Å². The first-order valence-corrected chi connectivity index (χ1v) is 8.67. The highest BCUT2D eigenvalue weighted by Crippen LogP contribution is 2.17. The summed E-state index contributed by atoms with van der Waals surface area (Å²) in [6.45, 7) is 7.14. The second kappa shape index (κ2) is 7.21. The fraction of sp³-hybridized carbons (Fsp3) is 0.533. The highest BCUT2D eigenvalue weighted by Gasteiger charge is 2.22. The molecule has 6 nitrogen and oxygen atoms in total. The highest BCUT2D eigenvalue weighted by molar-refractivity contribution is 7.89. The Bertz CT molecular complexity index is 619. The Morgan fingerprint density at radius 1 is 1.32 bits per heavy atom. The normalized spacial score (nSPS) is 13.7. The Labute approximate surface area is 132 Å². The van der Waals surface area contributed by atoms with Gasteiger partial charge in [0.2, 0.25) is 15.9 Å². The van der Waals surface area contributed by atoms with E-state index in [2.05, 4.69) is 10.0 Å². The second-order valence-corrected chi connectivity index (χ2v) is 8.13. The minimum atomic E-state index is -3.62. The molecule has 0 aromatic heterocycles. The smallest absolute Gasteiger partial charge is 0.241 e. The molecule has 1 aromatic rings. The molecule has 0 aliphatic rings. The molecular formula is C15H25N3O3S. The van der Waals surface area contributed by atoms with E-state index in [0.717, 1.165) is 0 Å². The third kappa shape index (κ3) is 6.55. The van der Waals surface area contributed by atoms with Crippen molar-refractivity contribution >= 4 is 21.6 Å². The summed E-state index contributed by atoms with van der Waals surface area (Å²) in [6.07, 6.45) is 0.879. The van der Waals surface area contributed by atoms with Crippen molar-refractivity contribution < 1.29 is 13.2 Å². The predicted molar refractivity (Wildman–Crippen MR) is 88.0 cm³/mol. The zero-order chi connectivity index (χ0) is 17.0. The van der Waals surface area contributed by atoms with Crippen LogP contribution in [0.1, 0.15) is 40.5 Å². The van der Waals surface area contributed by atoms with E-state index < -0.39 is 15.6 Å². The molecule has 0 aliphatic heterocycles. The average molecular weight is 327 g/mol. The topological polar surface area (TPSA) is 101 Å². The summed E-state index contributed by atoms with van der Waals surface area (Å²) in [5, 5.41) is 2.69. The summed E-state index contributed by atoms with van der Waals surface area (Å²) in [5.41, 5.74) is 5.48. The Morgan fingerprint density at radius 3 is 2.50 bits per heavy atom. The summed E-state index contributed by atoms with van der Waals surface area (Å²) < 4.78 is 27.1. The van der Waals surface area contributed by atoms with E-state index in [9.17, 15) is 13.2 Å². The minimum absolute atomic E-state index is 0.0477. The number of carbonyl (C=O) groups excluding carboxylic acids is 1. The van der Waals surface area contributed by atoms with Crippen molar-refractivity contribution in [2.75, 3.05) is 5.32 Å². The van der Waals surface area contributed by atoms with E-state index in [1.807, 2.05) is 6.92 Å². The summed E-state index contributed by atoms with van der Waals surface area (Å²) in [5.74, 6) is -0.185. The average Bonchev–Trinajstić information content (AvgIpc) is 2.34. The Balaban J connectivity index is 2.84. The standard InChI is InChI=1S/C15H25N3O3S/c1-11(16)8-9-14(19)17-12-6-5-7-13(10-12)22(20,21)18-15(2,3)4/h5-7,10-11,18H,8-9,16H2,1-4H3,(H,17,19). The van der Waals surface area contributed by atoms with Gasteiger partial charge in [-0.05, 0) is 52.3 Å². The SMILES string of the molecule is CC(N)CCC(=O)Nc1cccc(S(=O)(=O)NC(C)(C)C)c1. The first kappa shape index (κ1) is 18.6. The van der Waals surface area contributed by atoms with Gasteiger partial charge in [0, 0.05) is 23.7 Å². The lowest BCUT2D eigenvalue weighted by Gasteiger charge is -2.20. The van der Waals surface area contributed by atoms with Gasteiger partial charge < -0.3 is 11.1 Å². The maximum Gasteiger partial charge on any atom is 0.241 e. The van der Waals surface area contributed by atoms with E-state index in [0.29, 0.717) is 18.5 Å². The zero-order valence-corrected chi connectivity index (χ0v) is 14.3. The van der Waals surface area contributed by atoms with Gasteiger partial charge in [-0.1, -0.05) is 6.07 Å². The number of hydrogen-bond donors (Lipinski definition) is 3. The lowest BCUT2D eigenvalue weighted by atomic mass is 10.1. The lowest BCUT2D eigenvalue weighted by Crippen LogP contribution is -2.40. The third-order valence-electron chi connectivity index (χ3n) is 2.70. The minimum Gasteiger partial charge on any atom is -0.328 e. The van der Waals surface area contributed by atoms with Crippen LogP contribution in [-0.4, -0.2) is 25.9 Å². The van der Waals surface area contributed by atoms with Crippen LogP contribution >= 0.6 is 0 Å². The van der Waals surface area contributed by atoms with E-state index >= 15 is 0 Å². The number of rotatable bonds is 6. The van der Waals surface area contributed by atoms with Gasteiger partial charge in [0.1, 0.15) is 0 Å². The number of nitrogens with one attached hydrogen (secondary N) is 2. The summed E-state index contributed by atoms with van der Waals surface area (Å²) in [7, 11) is -3.62. The third-order valence-corrected chi connectivity index (χ3v) is 4.45. The molecule has 0 aliphatic carbocycles. The molecule has 7 heteroatoms. The molecule has 0 bridgehead atoms. The van der Waals surface area contributed by atoms with Crippen LogP contribution < -0.4 is 15.8 Å². The van der Waals surface area contributed by atoms with Crippen LogP contribution in [0.5, 0.6) is 0 Å². The van der Waals surface area contributed by atoms with E-state index in [1.165, 1.54) is 12.1 Å². The van der Waals surface area contributed by atoms with Crippen LogP contribution in [0.2, 0.25) is 0 Å². The fourth-order valence-electron chi connectivity index (χ4n) is 1.79. The van der Waals surface area contributed by atoms with Crippen molar-refractivity contribution in [3.8, 4) is 0 Å². The lowest BCUT2D eigenvalue weighted by molar-refractivity contribution is -0.116. The van der Waals surface area contributed by atoms with Crippen molar-refractivity contribution in [1.82, 2.24) is 4.72 Å². The number of amides is 1. The molecule has 0 radical (unpaired) electrons. The Hall–Kier alpha value is -1.44. The van der Waals surface area contributed by atoms with Crippen LogP contribution in [0.3, 0.4) is 0 Å². The maximum absolute atomic E-state index is 12.3. The Morgan fingerprint density at radius 2 is 1.95 bits per heavy atom. The van der Waals surface area contributed by atoms with Crippen LogP contribution in [0.25, 0.3) is 0 Å². The quantitative estimate of drug-likeness (QED) is 0.742. The van der Waals surface area contributed by atoms with Gasteiger partial charge >= 0.3 is 0 Å². The summed E-state index contributed by atoms with van der Waals surface area (Å²) >= 11 is 0. The fourth-order valence-corrected chi connectivity index (χ4v) is 3.25. The van der Waals surface area contributed by atoms with Gasteiger partial charge in [-0.3, -0.25) is 4.79 Å². The first-order chi connectivity index (χ1) is 9.99. The monoisotopic (exact) mass is 327 g/mol. The molecule has 0 heterocycles. The maximum atomic E-state index is 12.3. The van der Waals surface area contributed by atoms with Crippen molar-refractivity contribution in [1.29, 1.82) is 0 Å². The molecule has 22 heavy (non-hydrogen) atoms. The van der Waals surface area contributed by atoms with E-state index in [1.54, 1.807) is 32.9 Å². The van der Waals surface area contributed by atoms with Crippen LogP contribution in [0.15, 0.2) is 29.2 Å². The molecular weight excluding hydrogens is 302 g/mol. The van der Waals surface area contributed by atoms with Crippen molar-refractivity contribution in [2.45, 2.75) is 57.0 Å². The number of hydrogen-bond acceptors (Lipinski definition) is 4. The molecule has 124 valence electrons. The van der Waals surface area contributed by atoms with Gasteiger partial charge in [0.05, 0.1) is 4.90 Å². The van der Waals surface area contributed by atoms with E-state index in [4.69, 9.17) is 5.73 Å². The molecule has 0 fully saturated rings. The zero-order valence-electron chi connectivity index (χ0n) is 13.5. The molecule has 0 saturated carbocycles. The van der Waals surface area contributed by atoms with E-state index in [-0.39, 0.29) is 16.8 Å². The van der Waals surface area contributed by atoms with Crippen molar-refractivity contribution in [3.63, 3.8) is 0 Å². The van der Waals surface area contributed by atoms with Gasteiger partial charge in [0.25, 0.3) is 0 Å². The first-order valence-electron chi connectivity index (χ1n) is 7.19.